The number of nitrogens with zero attached hydrogens (tertiary/aromatic N) is 4. The predicted octanol–water partition coefficient (Wildman–Crippen LogP) is 5.16. The molecule has 1 saturated carbocycles. The quantitative estimate of drug-likeness (QED) is 0.432. The Morgan fingerprint density at radius 3 is 2.56 bits per heavy atom. The van der Waals surface area contributed by atoms with E-state index >= 15 is 0 Å². The number of hydrogen-bond acceptors (Lipinski definition) is 6. The summed E-state index contributed by atoms with van der Waals surface area (Å²) >= 11 is 0. The molecule has 0 N–H and O–H groups in total. The summed E-state index contributed by atoms with van der Waals surface area (Å²) in [6.07, 6.45) is 11.5. The number of ether oxygens (including phenoxy) is 1. The lowest BCUT2D eigenvalue weighted by Gasteiger charge is -2.37. The number of aromatic nitrogens is 2. The van der Waals surface area contributed by atoms with Crippen LogP contribution in [0.1, 0.15) is 54.4 Å². The van der Waals surface area contributed by atoms with Crippen LogP contribution in [0.2, 0.25) is 0 Å². The number of carbonyl (C=O) groups is 1. The molecule has 0 unspecified atom stereocenters. The molecule has 0 radical (unpaired) electrons. The van der Waals surface area contributed by atoms with Gasteiger partial charge in [-0.3, -0.25) is 14.7 Å². The molecule has 0 spiro atoms. The van der Waals surface area contributed by atoms with E-state index in [0.29, 0.717) is 12.3 Å². The van der Waals surface area contributed by atoms with E-state index < -0.39 is 0 Å². The van der Waals surface area contributed by atoms with Crippen molar-refractivity contribution in [2.45, 2.75) is 44.9 Å². The normalized spacial score (nSPS) is 22.4. The molecule has 36 heavy (non-hydrogen) atoms. The molecular weight excluding hydrogens is 448 g/mol. The van der Waals surface area contributed by atoms with Gasteiger partial charge in [0.15, 0.2) is 17.4 Å². The predicted molar refractivity (Wildman–Crippen MR) is 143 cm³/mol. The lowest BCUT2D eigenvalue weighted by Crippen LogP contribution is -2.47. The van der Waals surface area contributed by atoms with E-state index in [1.54, 1.807) is 6.20 Å². The smallest absolute Gasteiger partial charge is 0.171 e. The first-order valence-corrected chi connectivity index (χ1v) is 13.7. The molecule has 0 amide bonds. The molecule has 1 aromatic carbocycles. The minimum absolute atomic E-state index is 0.277. The van der Waals surface area contributed by atoms with Crippen molar-refractivity contribution in [3.8, 4) is 5.75 Å². The third kappa shape index (κ3) is 4.96. The molecule has 6 heteroatoms. The lowest BCUT2D eigenvalue weighted by atomic mass is 9.78. The Labute approximate surface area is 213 Å². The Morgan fingerprint density at radius 2 is 1.69 bits per heavy atom. The van der Waals surface area contributed by atoms with Gasteiger partial charge in [0, 0.05) is 67.9 Å². The van der Waals surface area contributed by atoms with Crippen molar-refractivity contribution in [1.82, 2.24) is 14.9 Å². The molecular formula is C30H36N4O2. The molecule has 0 bridgehead atoms. The SMILES string of the molecule is O=C(CC1CCC(CCN2CCN(c3nccc4c3OCC4)CC2)CC1)c1ccnc2ccccc12. The summed E-state index contributed by atoms with van der Waals surface area (Å²) in [5.74, 6) is 3.64. The highest BCUT2D eigenvalue weighted by Gasteiger charge is 2.27. The fraction of sp³-hybridized carbons (Fsp3) is 0.500. The fourth-order valence-corrected chi connectivity index (χ4v) is 6.30. The minimum Gasteiger partial charge on any atom is -0.489 e. The van der Waals surface area contributed by atoms with Crippen molar-refractivity contribution in [2.24, 2.45) is 11.8 Å². The van der Waals surface area contributed by atoms with Crippen molar-refractivity contribution in [3.05, 3.63) is 59.9 Å². The van der Waals surface area contributed by atoms with Crippen LogP contribution in [0.15, 0.2) is 48.8 Å². The Balaban J connectivity index is 0.942. The maximum absolute atomic E-state index is 13.1. The Morgan fingerprint density at radius 1 is 0.917 bits per heavy atom. The summed E-state index contributed by atoms with van der Waals surface area (Å²) in [7, 11) is 0. The van der Waals surface area contributed by atoms with Crippen molar-refractivity contribution in [1.29, 1.82) is 0 Å². The van der Waals surface area contributed by atoms with Gasteiger partial charge >= 0.3 is 0 Å². The van der Waals surface area contributed by atoms with Gasteiger partial charge in [-0.2, -0.15) is 0 Å². The molecule has 3 aliphatic rings. The zero-order valence-electron chi connectivity index (χ0n) is 21.1. The molecule has 0 atom stereocenters. The van der Waals surface area contributed by atoms with Gasteiger partial charge in [0.25, 0.3) is 0 Å². The Kier molecular flexibility index (Phi) is 6.86. The van der Waals surface area contributed by atoms with Crippen molar-refractivity contribution in [2.75, 3.05) is 44.2 Å². The summed E-state index contributed by atoms with van der Waals surface area (Å²) in [5, 5.41) is 0.985. The summed E-state index contributed by atoms with van der Waals surface area (Å²) < 4.78 is 5.87. The zero-order valence-corrected chi connectivity index (χ0v) is 21.1. The molecule has 4 heterocycles. The number of pyridine rings is 2. The number of fused-ring (bicyclic) bond motifs is 2. The third-order valence-electron chi connectivity index (χ3n) is 8.50. The van der Waals surface area contributed by atoms with Gasteiger partial charge in [0.1, 0.15) is 0 Å². The number of ketones is 1. The van der Waals surface area contributed by atoms with E-state index in [-0.39, 0.29) is 5.78 Å². The van der Waals surface area contributed by atoms with Gasteiger partial charge in [-0.25, -0.2) is 4.98 Å². The number of piperazine rings is 1. The average molecular weight is 485 g/mol. The van der Waals surface area contributed by atoms with Gasteiger partial charge in [-0.15, -0.1) is 0 Å². The lowest BCUT2D eigenvalue weighted by molar-refractivity contribution is 0.0941. The van der Waals surface area contributed by atoms with E-state index in [9.17, 15) is 4.79 Å². The van der Waals surface area contributed by atoms with Crippen molar-refractivity contribution >= 4 is 22.5 Å². The topological polar surface area (TPSA) is 58.6 Å². The maximum Gasteiger partial charge on any atom is 0.171 e. The van der Waals surface area contributed by atoms with Crippen LogP contribution in [0.4, 0.5) is 5.82 Å². The molecule has 6 rings (SSSR count). The first kappa shape index (κ1) is 23.4. The monoisotopic (exact) mass is 484 g/mol. The number of anilines is 1. The highest BCUT2D eigenvalue weighted by Crippen LogP contribution is 2.36. The van der Waals surface area contributed by atoms with E-state index in [1.807, 2.05) is 36.5 Å². The first-order valence-electron chi connectivity index (χ1n) is 13.7. The second kappa shape index (κ2) is 10.6. The van der Waals surface area contributed by atoms with Crippen LogP contribution in [0.5, 0.6) is 5.75 Å². The van der Waals surface area contributed by atoms with E-state index in [4.69, 9.17) is 4.74 Å². The molecule has 3 aromatic rings. The third-order valence-corrected chi connectivity index (χ3v) is 8.50. The van der Waals surface area contributed by atoms with Gasteiger partial charge in [-0.1, -0.05) is 31.0 Å². The standard InChI is InChI=1S/C30H36N4O2/c35-28(26-10-14-31-27-4-2-1-3-25(26)27)21-23-7-5-22(6-8-23)11-15-33-16-18-34(19-17-33)30-29-24(9-13-32-30)12-20-36-29/h1-4,9-10,13-14,22-23H,5-8,11-12,15-21H2. The summed E-state index contributed by atoms with van der Waals surface area (Å²) in [6.45, 7) is 6.19. The van der Waals surface area contributed by atoms with E-state index in [2.05, 4.69) is 25.8 Å². The Bertz CT molecular complexity index is 1210. The van der Waals surface area contributed by atoms with Gasteiger partial charge in [0.05, 0.1) is 12.1 Å². The highest BCUT2D eigenvalue weighted by molar-refractivity contribution is 6.07. The van der Waals surface area contributed by atoms with E-state index in [1.165, 1.54) is 44.2 Å². The second-order valence-electron chi connectivity index (χ2n) is 10.7. The Hall–Kier alpha value is -2.99. The van der Waals surface area contributed by atoms with Crippen molar-refractivity contribution in [3.63, 3.8) is 0 Å². The molecule has 188 valence electrons. The number of Topliss-reactive ketones (excluding diaryl/α,β-unsaturated/α-hetero) is 1. The van der Waals surface area contributed by atoms with Crippen LogP contribution in [-0.4, -0.2) is 60.0 Å². The second-order valence-corrected chi connectivity index (χ2v) is 10.7. The number of rotatable bonds is 7. The minimum atomic E-state index is 0.277. The number of hydrogen-bond donors (Lipinski definition) is 0. The van der Waals surface area contributed by atoms with Crippen molar-refractivity contribution < 1.29 is 9.53 Å². The van der Waals surface area contributed by atoms with Crippen LogP contribution in [-0.2, 0) is 6.42 Å². The first-order chi connectivity index (χ1) is 17.7. The molecule has 1 saturated heterocycles. The van der Waals surface area contributed by atoms with Crippen LogP contribution in [0.25, 0.3) is 10.9 Å². The summed E-state index contributed by atoms with van der Waals surface area (Å²) in [4.78, 5) is 27.1. The van der Waals surface area contributed by atoms with Crippen LogP contribution >= 0.6 is 0 Å². The van der Waals surface area contributed by atoms with Crippen LogP contribution in [0, 0.1) is 11.8 Å². The largest absolute Gasteiger partial charge is 0.489 e. The molecule has 2 aromatic heterocycles. The van der Waals surface area contributed by atoms with Gasteiger partial charge in [0.2, 0.25) is 0 Å². The van der Waals surface area contributed by atoms with E-state index in [0.717, 1.165) is 73.2 Å². The van der Waals surface area contributed by atoms with Crippen LogP contribution < -0.4 is 9.64 Å². The molecule has 2 fully saturated rings. The maximum atomic E-state index is 13.1. The molecule has 6 nitrogen and oxygen atoms in total. The zero-order chi connectivity index (χ0) is 24.3. The number of carbonyl (C=O) groups excluding carboxylic acids is 1. The number of para-hydroxylation sites is 1. The fourth-order valence-electron chi connectivity index (χ4n) is 6.30. The van der Waals surface area contributed by atoms with Gasteiger partial charge < -0.3 is 9.64 Å². The molecule has 1 aliphatic carbocycles. The highest BCUT2D eigenvalue weighted by atomic mass is 16.5. The number of benzene rings is 1. The molecule has 2 aliphatic heterocycles. The van der Waals surface area contributed by atoms with Crippen LogP contribution in [0.3, 0.4) is 0 Å². The summed E-state index contributed by atoms with van der Waals surface area (Å²) in [5.41, 5.74) is 3.04. The summed E-state index contributed by atoms with van der Waals surface area (Å²) in [6, 6.07) is 12.0. The average Bonchev–Trinajstić information content (AvgIpc) is 3.42. The van der Waals surface area contributed by atoms with Gasteiger partial charge in [-0.05, 0) is 55.8 Å².